The van der Waals surface area contributed by atoms with Crippen LogP contribution in [0.25, 0.3) is 5.57 Å². The van der Waals surface area contributed by atoms with E-state index in [0.717, 1.165) is 6.54 Å². The number of benzene rings is 1. The number of allylic oxidation sites excluding steroid dienone is 1. The van der Waals surface area contributed by atoms with E-state index in [4.69, 9.17) is 0 Å². The molecule has 0 atom stereocenters. The molecule has 1 heterocycles. The lowest BCUT2D eigenvalue weighted by molar-refractivity contribution is 0.589. The van der Waals surface area contributed by atoms with Crippen LogP contribution < -0.4 is 0 Å². The van der Waals surface area contributed by atoms with Crippen LogP contribution in [0, 0.1) is 0 Å². The number of aliphatic imine (C=N–C) groups is 1. The minimum absolute atomic E-state index is 0.188. The second-order valence-corrected chi connectivity index (χ2v) is 4.95. The second-order valence-electron chi connectivity index (χ2n) is 4.95. The van der Waals surface area contributed by atoms with Crippen molar-refractivity contribution in [2.75, 3.05) is 6.54 Å². The molecule has 0 spiro atoms. The van der Waals surface area contributed by atoms with E-state index in [-0.39, 0.29) is 5.41 Å². The Kier molecular flexibility index (Phi) is 2.47. The Labute approximate surface area is 91.6 Å². The van der Waals surface area contributed by atoms with Gasteiger partial charge in [-0.25, -0.2) is 0 Å². The highest BCUT2D eigenvalue weighted by molar-refractivity contribution is 6.12. The zero-order chi connectivity index (χ0) is 10.9. The standard InChI is InChI=1S/C14H17N/c1-14(2,3)13-7-5-4-6-12(13)11-8-9-15-10-11/h4-8,10H,9H2,1-3H3. The van der Waals surface area contributed by atoms with Gasteiger partial charge in [-0.1, -0.05) is 51.1 Å². The van der Waals surface area contributed by atoms with E-state index < -0.39 is 0 Å². The first-order valence-corrected chi connectivity index (χ1v) is 5.39. The SMILES string of the molecule is CC(C)(C)c1ccccc1C1=CCN=C1. The molecule has 0 aromatic heterocycles. The van der Waals surface area contributed by atoms with Gasteiger partial charge in [0.15, 0.2) is 0 Å². The fourth-order valence-electron chi connectivity index (χ4n) is 1.92. The summed E-state index contributed by atoms with van der Waals surface area (Å²) in [5, 5.41) is 0. The van der Waals surface area contributed by atoms with E-state index in [1.807, 2.05) is 6.21 Å². The summed E-state index contributed by atoms with van der Waals surface area (Å²) < 4.78 is 0. The fraction of sp³-hybridized carbons (Fsp3) is 0.357. The zero-order valence-electron chi connectivity index (χ0n) is 9.62. The van der Waals surface area contributed by atoms with Gasteiger partial charge in [-0.15, -0.1) is 0 Å². The van der Waals surface area contributed by atoms with Gasteiger partial charge in [0.1, 0.15) is 0 Å². The van der Waals surface area contributed by atoms with Crippen LogP contribution in [0.4, 0.5) is 0 Å². The molecule has 78 valence electrons. The summed E-state index contributed by atoms with van der Waals surface area (Å²) in [5.74, 6) is 0. The Morgan fingerprint density at radius 1 is 1.13 bits per heavy atom. The first kappa shape index (κ1) is 10.2. The third kappa shape index (κ3) is 2.01. The van der Waals surface area contributed by atoms with Gasteiger partial charge in [-0.05, 0) is 22.1 Å². The summed E-state index contributed by atoms with van der Waals surface area (Å²) in [6, 6.07) is 8.60. The Morgan fingerprint density at radius 2 is 1.87 bits per heavy atom. The predicted octanol–water partition coefficient (Wildman–Crippen LogP) is 3.45. The van der Waals surface area contributed by atoms with Gasteiger partial charge in [-0.3, -0.25) is 4.99 Å². The molecule has 0 radical (unpaired) electrons. The van der Waals surface area contributed by atoms with Crippen LogP contribution in [0.3, 0.4) is 0 Å². The molecule has 0 amide bonds. The van der Waals surface area contributed by atoms with E-state index in [9.17, 15) is 0 Å². The molecule has 1 aromatic rings. The molecule has 0 aliphatic carbocycles. The van der Waals surface area contributed by atoms with Crippen molar-refractivity contribution in [1.29, 1.82) is 0 Å². The fourth-order valence-corrected chi connectivity index (χ4v) is 1.92. The summed E-state index contributed by atoms with van der Waals surface area (Å²) in [6.07, 6.45) is 4.16. The number of rotatable bonds is 1. The molecule has 1 heteroatoms. The number of hydrogen-bond acceptors (Lipinski definition) is 1. The van der Waals surface area contributed by atoms with Gasteiger partial charge < -0.3 is 0 Å². The normalized spacial score (nSPS) is 15.5. The van der Waals surface area contributed by atoms with Gasteiger partial charge in [0.2, 0.25) is 0 Å². The van der Waals surface area contributed by atoms with Crippen LogP contribution in [0.15, 0.2) is 35.3 Å². The Bertz CT molecular complexity index is 419. The number of nitrogens with zero attached hydrogens (tertiary/aromatic N) is 1. The summed E-state index contributed by atoms with van der Waals surface area (Å²) in [7, 11) is 0. The van der Waals surface area contributed by atoms with Crippen LogP contribution in [0.1, 0.15) is 31.9 Å². The monoisotopic (exact) mass is 199 g/mol. The molecule has 1 nitrogen and oxygen atoms in total. The molecule has 0 saturated carbocycles. The van der Waals surface area contributed by atoms with Gasteiger partial charge in [0.25, 0.3) is 0 Å². The Balaban J connectivity index is 2.52. The van der Waals surface area contributed by atoms with E-state index >= 15 is 0 Å². The van der Waals surface area contributed by atoms with Crippen molar-refractivity contribution in [3.63, 3.8) is 0 Å². The molecule has 1 aliphatic heterocycles. The minimum atomic E-state index is 0.188. The average Bonchev–Trinajstić information content (AvgIpc) is 2.69. The minimum Gasteiger partial charge on any atom is -0.288 e. The van der Waals surface area contributed by atoms with Gasteiger partial charge >= 0.3 is 0 Å². The predicted molar refractivity (Wildman–Crippen MR) is 66.5 cm³/mol. The quantitative estimate of drug-likeness (QED) is 0.657. The Morgan fingerprint density at radius 3 is 2.47 bits per heavy atom. The van der Waals surface area contributed by atoms with E-state index in [0.29, 0.717) is 0 Å². The van der Waals surface area contributed by atoms with Crippen molar-refractivity contribution in [3.8, 4) is 0 Å². The molecule has 0 saturated heterocycles. The van der Waals surface area contributed by atoms with Crippen LogP contribution in [-0.4, -0.2) is 12.8 Å². The smallest absolute Gasteiger partial charge is 0.0580 e. The molecule has 1 aromatic carbocycles. The molecule has 1 aliphatic rings. The number of hydrogen-bond donors (Lipinski definition) is 0. The largest absolute Gasteiger partial charge is 0.288 e. The molecule has 0 fully saturated rings. The molecule has 0 bridgehead atoms. The van der Waals surface area contributed by atoms with Gasteiger partial charge in [0, 0.05) is 6.21 Å². The highest BCUT2D eigenvalue weighted by Crippen LogP contribution is 2.30. The van der Waals surface area contributed by atoms with Crippen molar-refractivity contribution in [2.45, 2.75) is 26.2 Å². The lowest BCUT2D eigenvalue weighted by Gasteiger charge is -2.22. The van der Waals surface area contributed by atoms with Crippen LogP contribution in [0.2, 0.25) is 0 Å². The molecular weight excluding hydrogens is 182 g/mol. The van der Waals surface area contributed by atoms with Crippen LogP contribution >= 0.6 is 0 Å². The summed E-state index contributed by atoms with van der Waals surface area (Å²) in [6.45, 7) is 7.57. The highest BCUT2D eigenvalue weighted by atomic mass is 14.7. The van der Waals surface area contributed by atoms with E-state index in [1.54, 1.807) is 0 Å². The van der Waals surface area contributed by atoms with Crippen molar-refractivity contribution in [3.05, 3.63) is 41.5 Å². The van der Waals surface area contributed by atoms with E-state index in [1.165, 1.54) is 16.7 Å². The van der Waals surface area contributed by atoms with Gasteiger partial charge in [0.05, 0.1) is 6.54 Å². The zero-order valence-corrected chi connectivity index (χ0v) is 9.62. The Hall–Kier alpha value is -1.37. The molecule has 0 N–H and O–H groups in total. The maximum atomic E-state index is 4.25. The molecule has 0 unspecified atom stereocenters. The van der Waals surface area contributed by atoms with Crippen LogP contribution in [-0.2, 0) is 5.41 Å². The van der Waals surface area contributed by atoms with Crippen molar-refractivity contribution >= 4 is 11.8 Å². The highest BCUT2D eigenvalue weighted by Gasteiger charge is 2.19. The maximum Gasteiger partial charge on any atom is 0.0580 e. The van der Waals surface area contributed by atoms with Crippen LogP contribution in [0.5, 0.6) is 0 Å². The second kappa shape index (κ2) is 3.65. The maximum absolute atomic E-state index is 4.25. The summed E-state index contributed by atoms with van der Waals surface area (Å²) in [4.78, 5) is 4.25. The topological polar surface area (TPSA) is 12.4 Å². The summed E-state index contributed by atoms with van der Waals surface area (Å²) in [5.41, 5.74) is 4.17. The van der Waals surface area contributed by atoms with Crippen molar-refractivity contribution < 1.29 is 0 Å². The lowest BCUT2D eigenvalue weighted by Crippen LogP contribution is -2.13. The third-order valence-electron chi connectivity index (χ3n) is 2.69. The summed E-state index contributed by atoms with van der Waals surface area (Å²) >= 11 is 0. The molecule has 2 rings (SSSR count). The van der Waals surface area contributed by atoms with Crippen molar-refractivity contribution in [1.82, 2.24) is 0 Å². The first-order valence-electron chi connectivity index (χ1n) is 5.39. The first-order chi connectivity index (χ1) is 7.09. The average molecular weight is 199 g/mol. The molecular formula is C14H17N. The van der Waals surface area contributed by atoms with Crippen molar-refractivity contribution in [2.24, 2.45) is 4.99 Å². The molecule has 15 heavy (non-hydrogen) atoms. The lowest BCUT2D eigenvalue weighted by atomic mass is 9.82. The van der Waals surface area contributed by atoms with E-state index in [2.05, 4.69) is 56.1 Å². The third-order valence-corrected chi connectivity index (χ3v) is 2.69. The van der Waals surface area contributed by atoms with Gasteiger partial charge in [-0.2, -0.15) is 0 Å².